The number of carbonyl (C=O) groups excluding carboxylic acids is 1. The Morgan fingerprint density at radius 2 is 2.15 bits per heavy atom. The van der Waals surface area contributed by atoms with Gasteiger partial charge in [-0.05, 0) is 39.8 Å². The molecule has 1 N–H and O–H groups in total. The van der Waals surface area contributed by atoms with Crippen molar-refractivity contribution in [2.75, 3.05) is 27.2 Å². The Labute approximate surface area is 120 Å². The molecule has 0 amide bonds. The maximum Gasteiger partial charge on any atom is 0.374 e. The third-order valence-electron chi connectivity index (χ3n) is 4.28. The van der Waals surface area contributed by atoms with Crippen LogP contribution in [0.2, 0.25) is 0 Å². The fourth-order valence-corrected chi connectivity index (χ4v) is 2.60. The van der Waals surface area contributed by atoms with Crippen LogP contribution in [0.1, 0.15) is 41.6 Å². The molecule has 1 fully saturated rings. The second kappa shape index (κ2) is 5.97. The highest BCUT2D eigenvalue weighted by Gasteiger charge is 2.28. The van der Waals surface area contributed by atoms with Crippen molar-refractivity contribution in [1.29, 1.82) is 0 Å². The highest BCUT2D eigenvalue weighted by Crippen LogP contribution is 2.24. The van der Waals surface area contributed by atoms with Crippen molar-refractivity contribution in [1.82, 2.24) is 10.2 Å². The Balaban J connectivity index is 1.97. The van der Waals surface area contributed by atoms with Crippen molar-refractivity contribution < 1.29 is 13.9 Å². The average molecular weight is 280 g/mol. The number of hydrogen-bond donors (Lipinski definition) is 1. The monoisotopic (exact) mass is 280 g/mol. The number of esters is 1. The normalized spacial score (nSPS) is 19.0. The fraction of sp³-hybridized carbons (Fsp3) is 0.667. The lowest BCUT2D eigenvalue weighted by molar-refractivity contribution is 0.0558. The Bertz CT molecular complexity index is 473. The average Bonchev–Trinajstić information content (AvgIpc) is 2.81. The number of aryl methyl sites for hydroxylation is 1. The summed E-state index contributed by atoms with van der Waals surface area (Å²) in [6, 6.07) is 1.93. The van der Waals surface area contributed by atoms with E-state index in [0.717, 1.165) is 43.8 Å². The first-order chi connectivity index (χ1) is 9.47. The SMILES string of the molecule is CNC1(C)CCN(Cc2cc(C)c(C(=O)OC)o2)CC1. The molecule has 1 saturated heterocycles. The molecule has 1 aliphatic rings. The van der Waals surface area contributed by atoms with Gasteiger partial charge in [0.25, 0.3) is 0 Å². The van der Waals surface area contributed by atoms with E-state index in [0.29, 0.717) is 5.76 Å². The molecule has 1 aliphatic heterocycles. The molecule has 0 saturated carbocycles. The first-order valence-corrected chi connectivity index (χ1v) is 7.06. The molecule has 2 heterocycles. The molecule has 0 unspecified atom stereocenters. The second-order valence-electron chi connectivity index (χ2n) is 5.80. The minimum atomic E-state index is -0.407. The Morgan fingerprint density at radius 3 is 2.70 bits per heavy atom. The lowest BCUT2D eigenvalue weighted by atomic mass is 9.90. The van der Waals surface area contributed by atoms with Gasteiger partial charge >= 0.3 is 5.97 Å². The van der Waals surface area contributed by atoms with Crippen LogP contribution in [0.3, 0.4) is 0 Å². The summed E-state index contributed by atoms with van der Waals surface area (Å²) in [7, 11) is 3.39. The molecular weight excluding hydrogens is 256 g/mol. The number of carbonyl (C=O) groups is 1. The molecule has 0 aromatic carbocycles. The van der Waals surface area contributed by atoms with Gasteiger partial charge in [-0.15, -0.1) is 0 Å². The molecule has 112 valence electrons. The van der Waals surface area contributed by atoms with Crippen molar-refractivity contribution in [3.63, 3.8) is 0 Å². The summed E-state index contributed by atoms with van der Waals surface area (Å²) in [4.78, 5) is 13.9. The lowest BCUT2D eigenvalue weighted by Gasteiger charge is -2.39. The van der Waals surface area contributed by atoms with Crippen LogP contribution in [-0.2, 0) is 11.3 Å². The van der Waals surface area contributed by atoms with Gasteiger partial charge in [-0.3, -0.25) is 4.90 Å². The number of furan rings is 1. The molecule has 5 nitrogen and oxygen atoms in total. The zero-order valence-electron chi connectivity index (χ0n) is 12.8. The highest BCUT2D eigenvalue weighted by molar-refractivity contribution is 5.87. The van der Waals surface area contributed by atoms with Gasteiger partial charge in [0, 0.05) is 24.2 Å². The predicted octanol–water partition coefficient (Wildman–Crippen LogP) is 1.95. The zero-order valence-corrected chi connectivity index (χ0v) is 12.8. The van der Waals surface area contributed by atoms with E-state index in [1.807, 2.05) is 20.0 Å². The van der Waals surface area contributed by atoms with Crippen molar-refractivity contribution >= 4 is 5.97 Å². The molecule has 20 heavy (non-hydrogen) atoms. The van der Waals surface area contributed by atoms with Crippen molar-refractivity contribution in [2.45, 2.75) is 38.8 Å². The van der Waals surface area contributed by atoms with E-state index in [-0.39, 0.29) is 5.54 Å². The van der Waals surface area contributed by atoms with E-state index >= 15 is 0 Å². The van der Waals surface area contributed by atoms with Crippen molar-refractivity contribution in [3.05, 3.63) is 23.2 Å². The first kappa shape index (κ1) is 15.1. The molecule has 0 radical (unpaired) electrons. The molecule has 0 spiro atoms. The van der Waals surface area contributed by atoms with Crippen LogP contribution < -0.4 is 5.32 Å². The van der Waals surface area contributed by atoms with Crippen LogP contribution in [0.5, 0.6) is 0 Å². The number of likely N-dealkylation sites (tertiary alicyclic amines) is 1. The summed E-state index contributed by atoms with van der Waals surface area (Å²) in [5, 5.41) is 3.39. The summed E-state index contributed by atoms with van der Waals surface area (Å²) >= 11 is 0. The third-order valence-corrected chi connectivity index (χ3v) is 4.28. The van der Waals surface area contributed by atoms with Crippen LogP contribution in [0.15, 0.2) is 10.5 Å². The van der Waals surface area contributed by atoms with E-state index in [1.54, 1.807) is 0 Å². The van der Waals surface area contributed by atoms with Gasteiger partial charge in [-0.25, -0.2) is 4.79 Å². The minimum Gasteiger partial charge on any atom is -0.463 e. The van der Waals surface area contributed by atoms with Crippen LogP contribution in [0, 0.1) is 6.92 Å². The van der Waals surface area contributed by atoms with Crippen molar-refractivity contribution in [3.8, 4) is 0 Å². The van der Waals surface area contributed by atoms with Gasteiger partial charge in [0.1, 0.15) is 5.76 Å². The topological polar surface area (TPSA) is 54.7 Å². The van der Waals surface area contributed by atoms with Gasteiger partial charge < -0.3 is 14.5 Å². The standard InChI is InChI=1S/C15H24N2O3/c1-11-9-12(20-13(11)14(18)19-4)10-17-7-5-15(2,16-3)6-8-17/h9,16H,5-8,10H2,1-4H3. The summed E-state index contributed by atoms with van der Waals surface area (Å²) < 4.78 is 10.3. The lowest BCUT2D eigenvalue weighted by Crippen LogP contribution is -2.49. The van der Waals surface area contributed by atoms with Gasteiger partial charge in [0.05, 0.1) is 13.7 Å². The predicted molar refractivity (Wildman–Crippen MR) is 76.8 cm³/mol. The minimum absolute atomic E-state index is 0.243. The van der Waals surface area contributed by atoms with Gasteiger partial charge in [-0.1, -0.05) is 0 Å². The molecule has 5 heteroatoms. The molecule has 0 atom stereocenters. The van der Waals surface area contributed by atoms with E-state index in [9.17, 15) is 4.79 Å². The Hall–Kier alpha value is -1.33. The van der Waals surface area contributed by atoms with E-state index < -0.39 is 5.97 Å². The van der Waals surface area contributed by atoms with Crippen molar-refractivity contribution in [2.24, 2.45) is 0 Å². The first-order valence-electron chi connectivity index (χ1n) is 7.06. The van der Waals surface area contributed by atoms with Gasteiger partial charge in [-0.2, -0.15) is 0 Å². The largest absolute Gasteiger partial charge is 0.463 e. The smallest absolute Gasteiger partial charge is 0.374 e. The Morgan fingerprint density at radius 1 is 1.50 bits per heavy atom. The van der Waals surface area contributed by atoms with Crippen LogP contribution in [0.4, 0.5) is 0 Å². The number of hydrogen-bond acceptors (Lipinski definition) is 5. The molecule has 0 bridgehead atoms. The van der Waals surface area contributed by atoms with E-state index in [4.69, 9.17) is 9.15 Å². The number of piperidine rings is 1. The third kappa shape index (κ3) is 3.22. The van der Waals surface area contributed by atoms with E-state index in [1.165, 1.54) is 7.11 Å². The van der Waals surface area contributed by atoms with Crippen LogP contribution >= 0.6 is 0 Å². The highest BCUT2D eigenvalue weighted by atomic mass is 16.5. The number of nitrogens with one attached hydrogen (secondary N) is 1. The summed E-state index contributed by atoms with van der Waals surface area (Å²) in [6.45, 7) is 6.94. The number of nitrogens with zero attached hydrogens (tertiary/aromatic N) is 1. The quantitative estimate of drug-likeness (QED) is 0.854. The van der Waals surface area contributed by atoms with Crippen LogP contribution in [0.25, 0.3) is 0 Å². The summed E-state index contributed by atoms with van der Waals surface area (Å²) in [5.74, 6) is 0.741. The van der Waals surface area contributed by atoms with Gasteiger partial charge in [0.15, 0.2) is 0 Å². The van der Waals surface area contributed by atoms with Gasteiger partial charge in [0.2, 0.25) is 5.76 Å². The molecular formula is C15H24N2O3. The molecule has 0 aliphatic carbocycles. The molecule has 2 rings (SSSR count). The number of ether oxygens (including phenoxy) is 1. The number of methoxy groups -OCH3 is 1. The summed E-state index contributed by atoms with van der Waals surface area (Å²) in [6.07, 6.45) is 2.24. The second-order valence-corrected chi connectivity index (χ2v) is 5.80. The zero-order chi connectivity index (χ0) is 14.8. The molecule has 1 aromatic heterocycles. The molecule has 1 aromatic rings. The maximum absolute atomic E-state index is 11.5. The number of rotatable bonds is 4. The Kier molecular flexibility index (Phi) is 4.50. The fourth-order valence-electron chi connectivity index (χ4n) is 2.60. The maximum atomic E-state index is 11.5. The van der Waals surface area contributed by atoms with Crippen LogP contribution in [-0.4, -0.2) is 43.7 Å². The summed E-state index contributed by atoms with van der Waals surface area (Å²) in [5.41, 5.74) is 1.08. The van der Waals surface area contributed by atoms with E-state index in [2.05, 4.69) is 17.1 Å².